The standard InChI is InChI=1S/C15H22FNO/c1-2-10-18-14-7-5-12(6-8-14)15(16)13-4-3-9-17-11-13/h5-8,13,15,17H,2-4,9-11H2,1H3. The highest BCUT2D eigenvalue weighted by atomic mass is 19.1. The Bertz CT molecular complexity index is 346. The molecule has 0 amide bonds. The van der Waals surface area contributed by atoms with Crippen molar-refractivity contribution in [3.63, 3.8) is 0 Å². The van der Waals surface area contributed by atoms with E-state index in [0.29, 0.717) is 6.61 Å². The van der Waals surface area contributed by atoms with Crippen molar-refractivity contribution in [1.82, 2.24) is 5.32 Å². The molecule has 2 nitrogen and oxygen atoms in total. The van der Waals surface area contributed by atoms with E-state index in [9.17, 15) is 4.39 Å². The maximum atomic E-state index is 14.3. The summed E-state index contributed by atoms with van der Waals surface area (Å²) in [4.78, 5) is 0. The number of piperidine rings is 1. The van der Waals surface area contributed by atoms with Gasteiger partial charge in [0.05, 0.1) is 6.61 Å². The van der Waals surface area contributed by atoms with Crippen molar-refractivity contribution < 1.29 is 9.13 Å². The van der Waals surface area contributed by atoms with Crippen LogP contribution in [0.15, 0.2) is 24.3 Å². The van der Waals surface area contributed by atoms with Crippen molar-refractivity contribution >= 4 is 0 Å². The van der Waals surface area contributed by atoms with Gasteiger partial charge in [0.25, 0.3) is 0 Å². The van der Waals surface area contributed by atoms with Crippen LogP contribution in [0.2, 0.25) is 0 Å². The van der Waals surface area contributed by atoms with Gasteiger partial charge in [0, 0.05) is 12.5 Å². The molecule has 1 aliphatic rings. The lowest BCUT2D eigenvalue weighted by Gasteiger charge is -2.26. The third-order valence-corrected chi connectivity index (χ3v) is 3.42. The van der Waals surface area contributed by atoms with Crippen molar-refractivity contribution in [2.24, 2.45) is 5.92 Å². The molecule has 1 aromatic carbocycles. The number of benzene rings is 1. The van der Waals surface area contributed by atoms with Gasteiger partial charge in [0.1, 0.15) is 11.9 Å². The van der Waals surface area contributed by atoms with Gasteiger partial charge in [0.2, 0.25) is 0 Å². The van der Waals surface area contributed by atoms with Gasteiger partial charge in [-0.15, -0.1) is 0 Å². The smallest absolute Gasteiger partial charge is 0.129 e. The minimum atomic E-state index is -0.863. The third kappa shape index (κ3) is 3.45. The first-order chi connectivity index (χ1) is 8.81. The van der Waals surface area contributed by atoms with Gasteiger partial charge >= 0.3 is 0 Å². The van der Waals surface area contributed by atoms with Crippen LogP contribution >= 0.6 is 0 Å². The molecule has 0 spiro atoms. The zero-order valence-electron chi connectivity index (χ0n) is 11.0. The van der Waals surface area contributed by atoms with Gasteiger partial charge in [-0.25, -0.2) is 4.39 Å². The summed E-state index contributed by atoms with van der Waals surface area (Å²) < 4.78 is 19.8. The molecule has 2 atom stereocenters. The summed E-state index contributed by atoms with van der Waals surface area (Å²) >= 11 is 0. The molecule has 0 saturated carbocycles. The summed E-state index contributed by atoms with van der Waals surface area (Å²) in [7, 11) is 0. The summed E-state index contributed by atoms with van der Waals surface area (Å²) in [6.07, 6.45) is 2.17. The summed E-state index contributed by atoms with van der Waals surface area (Å²) in [5.74, 6) is 0.940. The minimum absolute atomic E-state index is 0.112. The van der Waals surface area contributed by atoms with Crippen LogP contribution in [0.1, 0.15) is 37.9 Å². The fourth-order valence-electron chi connectivity index (χ4n) is 2.37. The molecule has 0 aliphatic carbocycles. The van der Waals surface area contributed by atoms with E-state index in [-0.39, 0.29) is 5.92 Å². The predicted molar refractivity (Wildman–Crippen MR) is 71.7 cm³/mol. The predicted octanol–water partition coefficient (Wildman–Crippen LogP) is 3.49. The average molecular weight is 251 g/mol. The number of ether oxygens (including phenoxy) is 1. The zero-order valence-corrected chi connectivity index (χ0v) is 11.0. The Morgan fingerprint density at radius 3 is 2.78 bits per heavy atom. The molecule has 1 fully saturated rings. The van der Waals surface area contributed by atoms with Crippen LogP contribution in [0.5, 0.6) is 5.75 Å². The van der Waals surface area contributed by atoms with E-state index in [1.165, 1.54) is 0 Å². The SMILES string of the molecule is CCCOc1ccc(C(F)C2CCCNC2)cc1. The van der Waals surface area contributed by atoms with Crippen LogP contribution in [-0.2, 0) is 0 Å². The fraction of sp³-hybridized carbons (Fsp3) is 0.600. The largest absolute Gasteiger partial charge is 0.494 e. The Kier molecular flexibility index (Phi) is 5.00. The number of alkyl halides is 1. The van der Waals surface area contributed by atoms with E-state index >= 15 is 0 Å². The van der Waals surface area contributed by atoms with E-state index in [2.05, 4.69) is 12.2 Å². The van der Waals surface area contributed by atoms with Crippen molar-refractivity contribution in [2.75, 3.05) is 19.7 Å². The van der Waals surface area contributed by atoms with Crippen molar-refractivity contribution in [2.45, 2.75) is 32.4 Å². The lowest BCUT2D eigenvalue weighted by Crippen LogP contribution is -2.32. The van der Waals surface area contributed by atoms with Gasteiger partial charge in [-0.1, -0.05) is 19.1 Å². The van der Waals surface area contributed by atoms with E-state index in [1.807, 2.05) is 24.3 Å². The molecule has 2 rings (SSSR count). The fourth-order valence-corrected chi connectivity index (χ4v) is 2.37. The molecule has 2 unspecified atom stereocenters. The molecule has 0 radical (unpaired) electrons. The van der Waals surface area contributed by atoms with E-state index < -0.39 is 6.17 Å². The Morgan fingerprint density at radius 2 is 2.17 bits per heavy atom. The first-order valence-corrected chi connectivity index (χ1v) is 6.89. The van der Waals surface area contributed by atoms with Crippen LogP contribution in [-0.4, -0.2) is 19.7 Å². The molecular weight excluding hydrogens is 229 g/mol. The van der Waals surface area contributed by atoms with Crippen molar-refractivity contribution in [3.8, 4) is 5.75 Å². The highest BCUT2D eigenvalue weighted by Crippen LogP contribution is 2.31. The zero-order chi connectivity index (χ0) is 12.8. The van der Waals surface area contributed by atoms with Crippen LogP contribution in [0, 0.1) is 5.92 Å². The number of hydrogen-bond donors (Lipinski definition) is 1. The Balaban J connectivity index is 1.95. The summed E-state index contributed by atoms with van der Waals surface area (Å²) in [5, 5.41) is 3.26. The van der Waals surface area contributed by atoms with E-state index in [1.54, 1.807) is 0 Å². The van der Waals surface area contributed by atoms with Gasteiger partial charge < -0.3 is 10.1 Å². The molecule has 0 aromatic heterocycles. The Morgan fingerprint density at radius 1 is 1.39 bits per heavy atom. The topological polar surface area (TPSA) is 21.3 Å². The monoisotopic (exact) mass is 251 g/mol. The highest BCUT2D eigenvalue weighted by Gasteiger charge is 2.24. The van der Waals surface area contributed by atoms with Crippen LogP contribution in [0.25, 0.3) is 0 Å². The van der Waals surface area contributed by atoms with E-state index in [4.69, 9.17) is 4.74 Å². The Hall–Kier alpha value is -1.09. The molecule has 1 aromatic rings. The van der Waals surface area contributed by atoms with Crippen LogP contribution in [0.4, 0.5) is 4.39 Å². The van der Waals surface area contributed by atoms with Crippen LogP contribution < -0.4 is 10.1 Å². The molecule has 1 saturated heterocycles. The van der Waals surface area contributed by atoms with Crippen LogP contribution in [0.3, 0.4) is 0 Å². The van der Waals surface area contributed by atoms with Gasteiger partial charge in [-0.3, -0.25) is 0 Å². The lowest BCUT2D eigenvalue weighted by molar-refractivity contribution is 0.194. The number of rotatable bonds is 5. The summed E-state index contributed by atoms with van der Waals surface area (Å²) in [6.45, 7) is 4.59. The Labute approximate surface area is 109 Å². The first-order valence-electron chi connectivity index (χ1n) is 6.89. The normalized spacial score (nSPS) is 21.6. The van der Waals surface area contributed by atoms with Crippen molar-refractivity contribution in [1.29, 1.82) is 0 Å². The van der Waals surface area contributed by atoms with Gasteiger partial charge in [0.15, 0.2) is 0 Å². The van der Waals surface area contributed by atoms with E-state index in [0.717, 1.165) is 43.7 Å². The summed E-state index contributed by atoms with van der Waals surface area (Å²) in [6, 6.07) is 7.44. The number of nitrogens with one attached hydrogen (secondary N) is 1. The second-order valence-electron chi connectivity index (χ2n) is 4.93. The van der Waals surface area contributed by atoms with Crippen molar-refractivity contribution in [3.05, 3.63) is 29.8 Å². The average Bonchev–Trinajstić information content (AvgIpc) is 2.46. The molecule has 100 valence electrons. The molecule has 0 bridgehead atoms. The highest BCUT2D eigenvalue weighted by molar-refractivity contribution is 5.29. The number of halogens is 1. The molecule has 1 N–H and O–H groups in total. The second-order valence-corrected chi connectivity index (χ2v) is 4.93. The maximum absolute atomic E-state index is 14.3. The quantitative estimate of drug-likeness (QED) is 0.865. The number of hydrogen-bond acceptors (Lipinski definition) is 2. The van der Waals surface area contributed by atoms with Gasteiger partial charge in [-0.2, -0.15) is 0 Å². The molecule has 3 heteroatoms. The minimum Gasteiger partial charge on any atom is -0.494 e. The molecule has 18 heavy (non-hydrogen) atoms. The lowest BCUT2D eigenvalue weighted by atomic mass is 9.90. The first kappa shape index (κ1) is 13.3. The maximum Gasteiger partial charge on any atom is 0.129 e. The molecule has 1 heterocycles. The molecular formula is C15H22FNO. The summed E-state index contributed by atoms with van der Waals surface area (Å²) in [5.41, 5.74) is 0.771. The molecule has 1 aliphatic heterocycles. The van der Waals surface area contributed by atoms with Gasteiger partial charge in [-0.05, 0) is 43.5 Å². The second kappa shape index (κ2) is 6.74. The third-order valence-electron chi connectivity index (χ3n) is 3.42.